The molecule has 2 heterocycles. The van der Waals surface area contributed by atoms with Gasteiger partial charge < -0.3 is 10.1 Å². The van der Waals surface area contributed by atoms with E-state index in [1.54, 1.807) is 6.33 Å². The minimum Gasteiger partial charge on any atom is -0.381 e. The molecule has 1 aliphatic carbocycles. The summed E-state index contributed by atoms with van der Waals surface area (Å²) in [6.45, 7) is 3.64. The lowest BCUT2D eigenvalue weighted by molar-refractivity contribution is 0.0598. The molecule has 1 N–H and O–H groups in total. The average Bonchev–Trinajstić information content (AvgIpc) is 3.09. The Morgan fingerprint density at radius 3 is 2.88 bits per heavy atom. The van der Waals surface area contributed by atoms with Crippen molar-refractivity contribution >= 4 is 0 Å². The van der Waals surface area contributed by atoms with E-state index < -0.39 is 0 Å². The second kappa shape index (κ2) is 5.14. The normalized spacial score (nSPS) is 21.9. The monoisotopic (exact) mass is 236 g/mol. The molecule has 1 saturated carbocycles. The molecule has 0 atom stereocenters. The summed E-state index contributed by atoms with van der Waals surface area (Å²) in [5, 5.41) is 7.82. The Bertz CT molecular complexity index is 355. The van der Waals surface area contributed by atoms with Crippen LogP contribution in [0.3, 0.4) is 0 Å². The second-order valence-corrected chi connectivity index (χ2v) is 5.07. The molecule has 1 aliphatic heterocycles. The SMILES string of the molecule is c1nc(CNC2CC2)n(CC2CCOCC2)n1. The molecule has 2 fully saturated rings. The maximum Gasteiger partial charge on any atom is 0.140 e. The quantitative estimate of drug-likeness (QED) is 0.827. The molecule has 5 nitrogen and oxygen atoms in total. The van der Waals surface area contributed by atoms with Crippen molar-refractivity contribution in [1.29, 1.82) is 0 Å². The molecule has 1 aromatic rings. The predicted molar refractivity (Wildman–Crippen MR) is 63.4 cm³/mol. The summed E-state index contributed by atoms with van der Waals surface area (Å²) in [7, 11) is 0. The maximum atomic E-state index is 5.38. The first kappa shape index (κ1) is 11.2. The molecule has 0 unspecified atom stereocenters. The molecule has 3 rings (SSSR count). The van der Waals surface area contributed by atoms with Crippen molar-refractivity contribution in [3.05, 3.63) is 12.2 Å². The Morgan fingerprint density at radius 1 is 1.29 bits per heavy atom. The molecule has 0 radical (unpaired) electrons. The Balaban J connectivity index is 1.55. The predicted octanol–water partition coefficient (Wildman–Crippen LogP) is 0.957. The summed E-state index contributed by atoms with van der Waals surface area (Å²) in [4.78, 5) is 4.34. The van der Waals surface area contributed by atoms with Gasteiger partial charge in [0.1, 0.15) is 12.2 Å². The highest BCUT2D eigenvalue weighted by Gasteiger charge is 2.21. The Labute approximate surface area is 102 Å². The third kappa shape index (κ3) is 3.04. The molecule has 2 aliphatic rings. The van der Waals surface area contributed by atoms with Gasteiger partial charge in [-0.05, 0) is 31.6 Å². The Hall–Kier alpha value is -0.940. The molecular formula is C12H20N4O. The van der Waals surface area contributed by atoms with Crippen LogP contribution in [-0.4, -0.2) is 34.0 Å². The van der Waals surface area contributed by atoms with Gasteiger partial charge in [-0.1, -0.05) is 0 Å². The van der Waals surface area contributed by atoms with Crippen LogP contribution in [0.1, 0.15) is 31.5 Å². The van der Waals surface area contributed by atoms with Crippen LogP contribution in [0.4, 0.5) is 0 Å². The average molecular weight is 236 g/mol. The topological polar surface area (TPSA) is 52.0 Å². The van der Waals surface area contributed by atoms with Crippen LogP contribution in [0.2, 0.25) is 0 Å². The van der Waals surface area contributed by atoms with Gasteiger partial charge in [0.05, 0.1) is 6.54 Å². The first-order valence-corrected chi connectivity index (χ1v) is 6.59. The Morgan fingerprint density at radius 2 is 2.12 bits per heavy atom. The summed E-state index contributed by atoms with van der Waals surface area (Å²) in [5.41, 5.74) is 0. The van der Waals surface area contributed by atoms with Crippen LogP contribution in [-0.2, 0) is 17.8 Å². The number of nitrogens with zero attached hydrogens (tertiary/aromatic N) is 3. The number of ether oxygens (including phenoxy) is 1. The highest BCUT2D eigenvalue weighted by molar-refractivity contribution is 4.89. The minimum absolute atomic E-state index is 0.699. The minimum atomic E-state index is 0.699. The number of rotatable bonds is 5. The van der Waals surface area contributed by atoms with Crippen LogP contribution < -0.4 is 5.32 Å². The molecule has 1 saturated heterocycles. The van der Waals surface area contributed by atoms with E-state index in [0.29, 0.717) is 5.92 Å². The van der Waals surface area contributed by atoms with E-state index in [1.165, 1.54) is 12.8 Å². The summed E-state index contributed by atoms with van der Waals surface area (Å²) < 4.78 is 7.44. The number of aromatic nitrogens is 3. The highest BCUT2D eigenvalue weighted by atomic mass is 16.5. The third-order valence-electron chi connectivity index (χ3n) is 3.59. The summed E-state index contributed by atoms with van der Waals surface area (Å²) in [6.07, 6.45) is 6.59. The van der Waals surface area contributed by atoms with Crippen molar-refractivity contribution in [3.8, 4) is 0 Å². The number of nitrogens with one attached hydrogen (secondary N) is 1. The lowest BCUT2D eigenvalue weighted by atomic mass is 10.0. The molecular weight excluding hydrogens is 216 g/mol. The van der Waals surface area contributed by atoms with Gasteiger partial charge in [0.25, 0.3) is 0 Å². The standard InChI is InChI=1S/C12H20N4O/c1-2-11(1)13-7-12-14-9-15-16(12)8-10-3-5-17-6-4-10/h9-11,13H,1-8H2. The van der Waals surface area contributed by atoms with E-state index in [1.807, 2.05) is 0 Å². The Kier molecular flexibility index (Phi) is 3.38. The van der Waals surface area contributed by atoms with E-state index in [0.717, 1.165) is 51.0 Å². The van der Waals surface area contributed by atoms with E-state index in [-0.39, 0.29) is 0 Å². The molecule has 0 aromatic carbocycles. The fourth-order valence-electron chi connectivity index (χ4n) is 2.27. The zero-order chi connectivity index (χ0) is 11.5. The second-order valence-electron chi connectivity index (χ2n) is 5.07. The van der Waals surface area contributed by atoms with Gasteiger partial charge in [-0.15, -0.1) is 0 Å². The van der Waals surface area contributed by atoms with Crippen molar-refractivity contribution in [2.24, 2.45) is 5.92 Å². The molecule has 5 heteroatoms. The van der Waals surface area contributed by atoms with Gasteiger partial charge in [-0.2, -0.15) is 5.10 Å². The lowest BCUT2D eigenvalue weighted by Gasteiger charge is -2.22. The first-order valence-electron chi connectivity index (χ1n) is 6.59. The molecule has 0 amide bonds. The van der Waals surface area contributed by atoms with Crippen LogP contribution >= 0.6 is 0 Å². The molecule has 94 valence electrons. The van der Waals surface area contributed by atoms with Gasteiger partial charge in [0, 0.05) is 25.8 Å². The van der Waals surface area contributed by atoms with Crippen LogP contribution in [0.15, 0.2) is 6.33 Å². The summed E-state index contributed by atoms with van der Waals surface area (Å²) in [5.74, 6) is 1.77. The fourth-order valence-corrected chi connectivity index (χ4v) is 2.27. The van der Waals surface area contributed by atoms with Crippen molar-refractivity contribution < 1.29 is 4.74 Å². The van der Waals surface area contributed by atoms with Crippen LogP contribution in [0, 0.1) is 5.92 Å². The fraction of sp³-hybridized carbons (Fsp3) is 0.833. The first-order chi connectivity index (χ1) is 8.42. The largest absolute Gasteiger partial charge is 0.381 e. The zero-order valence-corrected chi connectivity index (χ0v) is 10.1. The number of hydrogen-bond acceptors (Lipinski definition) is 4. The van der Waals surface area contributed by atoms with Crippen molar-refractivity contribution in [1.82, 2.24) is 20.1 Å². The molecule has 0 bridgehead atoms. The maximum absolute atomic E-state index is 5.38. The lowest BCUT2D eigenvalue weighted by Crippen LogP contribution is -2.24. The van der Waals surface area contributed by atoms with Gasteiger partial charge in [-0.3, -0.25) is 0 Å². The van der Waals surface area contributed by atoms with E-state index in [9.17, 15) is 0 Å². The van der Waals surface area contributed by atoms with Crippen molar-refractivity contribution in [3.63, 3.8) is 0 Å². The zero-order valence-electron chi connectivity index (χ0n) is 10.1. The van der Waals surface area contributed by atoms with Crippen LogP contribution in [0.25, 0.3) is 0 Å². The van der Waals surface area contributed by atoms with E-state index in [4.69, 9.17) is 4.74 Å². The summed E-state index contributed by atoms with van der Waals surface area (Å²) >= 11 is 0. The van der Waals surface area contributed by atoms with Crippen molar-refractivity contribution in [2.75, 3.05) is 13.2 Å². The van der Waals surface area contributed by atoms with Gasteiger partial charge in [0.2, 0.25) is 0 Å². The van der Waals surface area contributed by atoms with Gasteiger partial charge in [-0.25, -0.2) is 9.67 Å². The molecule has 17 heavy (non-hydrogen) atoms. The smallest absolute Gasteiger partial charge is 0.140 e. The van der Waals surface area contributed by atoms with Crippen molar-refractivity contribution in [2.45, 2.75) is 44.8 Å². The highest BCUT2D eigenvalue weighted by Crippen LogP contribution is 2.20. The molecule has 1 aromatic heterocycles. The van der Waals surface area contributed by atoms with Gasteiger partial charge in [0.15, 0.2) is 0 Å². The molecule has 0 spiro atoms. The third-order valence-corrected chi connectivity index (χ3v) is 3.59. The number of hydrogen-bond donors (Lipinski definition) is 1. The van der Waals surface area contributed by atoms with E-state index in [2.05, 4.69) is 20.1 Å². The van der Waals surface area contributed by atoms with Crippen LogP contribution in [0.5, 0.6) is 0 Å². The van der Waals surface area contributed by atoms with Gasteiger partial charge >= 0.3 is 0 Å². The summed E-state index contributed by atoms with van der Waals surface area (Å²) in [6, 6.07) is 0.725. The van der Waals surface area contributed by atoms with E-state index >= 15 is 0 Å².